The molecular weight excluding hydrogens is 216 g/mol. The lowest BCUT2D eigenvalue weighted by Gasteiger charge is -2.22. The number of carboxylic acids is 1. The number of fused-ring (bicyclic) bond motifs is 1. The number of rotatable bonds is 3. The molecule has 17 heavy (non-hydrogen) atoms. The summed E-state index contributed by atoms with van der Waals surface area (Å²) in [4.78, 5) is 11.1. The smallest absolute Gasteiger partial charge is 0.309 e. The molecule has 0 saturated heterocycles. The molecule has 1 aliphatic heterocycles. The van der Waals surface area contributed by atoms with Gasteiger partial charge in [0.15, 0.2) is 0 Å². The number of aryl methyl sites for hydroxylation is 1. The van der Waals surface area contributed by atoms with E-state index in [1.54, 1.807) is 13.8 Å². The zero-order valence-electron chi connectivity index (χ0n) is 10.5. The molecule has 0 amide bonds. The standard InChI is InChI=1S/C14H18O3/c1-9-4-5-12-10(6-9)7-11(17-12)8-14(2,3)13(15)16/h4-6,11H,7-8H2,1-3H3,(H,15,16). The summed E-state index contributed by atoms with van der Waals surface area (Å²) in [7, 11) is 0. The molecule has 1 N–H and O–H groups in total. The molecule has 0 radical (unpaired) electrons. The highest BCUT2D eigenvalue weighted by molar-refractivity contribution is 5.73. The van der Waals surface area contributed by atoms with E-state index in [9.17, 15) is 4.79 Å². The minimum atomic E-state index is -0.770. The summed E-state index contributed by atoms with van der Waals surface area (Å²) in [6.07, 6.45) is 1.34. The lowest BCUT2D eigenvalue weighted by atomic mass is 9.86. The Morgan fingerprint density at radius 3 is 2.88 bits per heavy atom. The van der Waals surface area contributed by atoms with Crippen LogP contribution >= 0.6 is 0 Å². The first-order valence-corrected chi connectivity index (χ1v) is 5.88. The van der Waals surface area contributed by atoms with Crippen LogP contribution in [-0.4, -0.2) is 17.2 Å². The van der Waals surface area contributed by atoms with Gasteiger partial charge in [0.05, 0.1) is 5.41 Å². The van der Waals surface area contributed by atoms with Gasteiger partial charge in [0.25, 0.3) is 0 Å². The van der Waals surface area contributed by atoms with Crippen molar-refractivity contribution in [2.45, 2.75) is 39.7 Å². The zero-order chi connectivity index (χ0) is 12.6. The predicted molar refractivity (Wildman–Crippen MR) is 65.3 cm³/mol. The average Bonchev–Trinajstić information content (AvgIpc) is 2.57. The third-order valence-corrected chi connectivity index (χ3v) is 3.27. The third kappa shape index (κ3) is 2.43. The van der Waals surface area contributed by atoms with E-state index in [4.69, 9.17) is 9.84 Å². The Labute approximate surface area is 101 Å². The lowest BCUT2D eigenvalue weighted by Crippen LogP contribution is -2.30. The summed E-state index contributed by atoms with van der Waals surface area (Å²) >= 11 is 0. The molecule has 92 valence electrons. The zero-order valence-corrected chi connectivity index (χ0v) is 10.5. The maximum Gasteiger partial charge on any atom is 0.309 e. The Morgan fingerprint density at radius 1 is 1.53 bits per heavy atom. The Hall–Kier alpha value is -1.51. The molecule has 0 fully saturated rings. The molecule has 1 aromatic rings. The molecule has 0 saturated carbocycles. The molecule has 1 unspecified atom stereocenters. The van der Waals surface area contributed by atoms with E-state index in [0.29, 0.717) is 6.42 Å². The fourth-order valence-corrected chi connectivity index (χ4v) is 2.22. The molecule has 1 aromatic carbocycles. The van der Waals surface area contributed by atoms with E-state index in [0.717, 1.165) is 12.2 Å². The van der Waals surface area contributed by atoms with E-state index in [1.807, 2.05) is 12.1 Å². The maximum atomic E-state index is 11.1. The normalized spacial score (nSPS) is 18.6. The minimum absolute atomic E-state index is 0.0158. The quantitative estimate of drug-likeness (QED) is 0.874. The molecule has 0 aliphatic carbocycles. The molecular formula is C14H18O3. The van der Waals surface area contributed by atoms with Crippen LogP contribution in [0.15, 0.2) is 18.2 Å². The Kier molecular flexibility index (Phi) is 2.86. The van der Waals surface area contributed by atoms with Crippen molar-refractivity contribution in [2.24, 2.45) is 5.41 Å². The van der Waals surface area contributed by atoms with Crippen molar-refractivity contribution in [2.75, 3.05) is 0 Å². The van der Waals surface area contributed by atoms with Crippen LogP contribution in [0.1, 0.15) is 31.4 Å². The van der Waals surface area contributed by atoms with E-state index in [2.05, 4.69) is 13.0 Å². The number of benzene rings is 1. The van der Waals surface area contributed by atoms with Crippen LogP contribution in [0.2, 0.25) is 0 Å². The largest absolute Gasteiger partial charge is 0.490 e. The van der Waals surface area contributed by atoms with Gasteiger partial charge in [-0.2, -0.15) is 0 Å². The number of carbonyl (C=O) groups is 1. The van der Waals surface area contributed by atoms with Crippen molar-refractivity contribution in [1.29, 1.82) is 0 Å². The highest BCUT2D eigenvalue weighted by atomic mass is 16.5. The highest BCUT2D eigenvalue weighted by Gasteiger charge is 2.34. The SMILES string of the molecule is Cc1ccc2c(c1)CC(CC(C)(C)C(=O)O)O2. The second kappa shape index (κ2) is 4.06. The lowest BCUT2D eigenvalue weighted by molar-refractivity contribution is -0.148. The first kappa shape index (κ1) is 12.0. The van der Waals surface area contributed by atoms with Gasteiger partial charge < -0.3 is 9.84 Å². The van der Waals surface area contributed by atoms with Gasteiger partial charge in [-0.25, -0.2) is 0 Å². The summed E-state index contributed by atoms with van der Waals surface area (Å²) in [6.45, 7) is 5.54. The molecule has 0 bridgehead atoms. The highest BCUT2D eigenvalue weighted by Crippen LogP contribution is 2.34. The summed E-state index contributed by atoms with van der Waals surface area (Å²) in [5.74, 6) is 0.134. The monoisotopic (exact) mass is 234 g/mol. The van der Waals surface area contributed by atoms with Gasteiger partial charge in [-0.3, -0.25) is 4.79 Å². The molecule has 1 heterocycles. The van der Waals surface area contributed by atoms with Crippen molar-refractivity contribution < 1.29 is 14.6 Å². The van der Waals surface area contributed by atoms with Gasteiger partial charge in [0.2, 0.25) is 0 Å². The van der Waals surface area contributed by atoms with E-state index in [-0.39, 0.29) is 6.10 Å². The van der Waals surface area contributed by atoms with Gasteiger partial charge in [0, 0.05) is 12.8 Å². The molecule has 0 aromatic heterocycles. The van der Waals surface area contributed by atoms with E-state index >= 15 is 0 Å². The van der Waals surface area contributed by atoms with Crippen molar-refractivity contribution >= 4 is 5.97 Å². The Balaban J connectivity index is 2.08. The maximum absolute atomic E-state index is 11.1. The van der Waals surface area contributed by atoms with Crippen LogP contribution in [0, 0.1) is 12.3 Å². The van der Waals surface area contributed by atoms with Crippen LogP contribution in [0.25, 0.3) is 0 Å². The van der Waals surface area contributed by atoms with Crippen molar-refractivity contribution in [3.8, 4) is 5.75 Å². The first-order valence-electron chi connectivity index (χ1n) is 5.88. The molecule has 0 spiro atoms. The molecule has 1 atom stereocenters. The number of hydrogen-bond acceptors (Lipinski definition) is 2. The fraction of sp³-hybridized carbons (Fsp3) is 0.500. The summed E-state index contributed by atoms with van der Waals surface area (Å²) in [5, 5.41) is 9.11. The molecule has 1 aliphatic rings. The van der Waals surface area contributed by atoms with Crippen molar-refractivity contribution in [3.05, 3.63) is 29.3 Å². The second-order valence-corrected chi connectivity index (χ2v) is 5.45. The van der Waals surface area contributed by atoms with E-state index < -0.39 is 11.4 Å². The predicted octanol–water partition coefficient (Wildman–Crippen LogP) is 2.80. The van der Waals surface area contributed by atoms with E-state index in [1.165, 1.54) is 11.1 Å². The van der Waals surface area contributed by atoms with Gasteiger partial charge in [-0.15, -0.1) is 0 Å². The number of carboxylic acid groups (broad SMARTS) is 1. The van der Waals surface area contributed by atoms with Crippen molar-refractivity contribution in [3.63, 3.8) is 0 Å². The number of aliphatic carboxylic acids is 1. The minimum Gasteiger partial charge on any atom is -0.490 e. The molecule has 3 heteroatoms. The number of ether oxygens (including phenoxy) is 1. The third-order valence-electron chi connectivity index (χ3n) is 3.27. The van der Waals surface area contributed by atoms with Gasteiger partial charge >= 0.3 is 5.97 Å². The Bertz CT molecular complexity index is 449. The van der Waals surface area contributed by atoms with Crippen LogP contribution in [0.4, 0.5) is 0 Å². The summed E-state index contributed by atoms with van der Waals surface area (Å²) in [5.41, 5.74) is 1.67. The second-order valence-electron chi connectivity index (χ2n) is 5.45. The topological polar surface area (TPSA) is 46.5 Å². The summed E-state index contributed by atoms with van der Waals surface area (Å²) < 4.78 is 5.78. The van der Waals surface area contributed by atoms with Crippen LogP contribution < -0.4 is 4.74 Å². The van der Waals surface area contributed by atoms with Gasteiger partial charge in [-0.05, 0) is 32.4 Å². The molecule has 2 rings (SSSR count). The fourth-order valence-electron chi connectivity index (χ4n) is 2.22. The first-order chi connectivity index (χ1) is 7.88. The average molecular weight is 234 g/mol. The summed E-state index contributed by atoms with van der Waals surface area (Å²) in [6, 6.07) is 6.10. The Morgan fingerprint density at radius 2 is 2.24 bits per heavy atom. The number of hydrogen-bond donors (Lipinski definition) is 1. The van der Waals surface area contributed by atoms with Gasteiger partial charge in [-0.1, -0.05) is 17.7 Å². The van der Waals surface area contributed by atoms with Crippen molar-refractivity contribution in [1.82, 2.24) is 0 Å². The molecule has 3 nitrogen and oxygen atoms in total. The van der Waals surface area contributed by atoms with Crippen LogP contribution in [0.5, 0.6) is 5.75 Å². The van der Waals surface area contributed by atoms with Crippen LogP contribution in [0.3, 0.4) is 0 Å². The van der Waals surface area contributed by atoms with Gasteiger partial charge in [0.1, 0.15) is 11.9 Å². The van der Waals surface area contributed by atoms with Crippen LogP contribution in [-0.2, 0) is 11.2 Å².